The van der Waals surface area contributed by atoms with Gasteiger partial charge in [0.1, 0.15) is 5.69 Å². The number of pyridine rings is 1. The van der Waals surface area contributed by atoms with Gasteiger partial charge in [0, 0.05) is 18.0 Å². The van der Waals surface area contributed by atoms with Gasteiger partial charge in [0.2, 0.25) is 0 Å². The molecule has 0 fully saturated rings. The van der Waals surface area contributed by atoms with E-state index in [4.69, 9.17) is 0 Å². The van der Waals surface area contributed by atoms with Crippen LogP contribution in [-0.2, 0) is 6.54 Å². The first-order chi connectivity index (χ1) is 7.36. The van der Waals surface area contributed by atoms with Crippen LogP contribution in [0.2, 0.25) is 0 Å². The molecule has 0 bridgehead atoms. The van der Waals surface area contributed by atoms with Crippen LogP contribution < -0.4 is 5.32 Å². The van der Waals surface area contributed by atoms with E-state index in [1.54, 1.807) is 30.7 Å². The molecule has 0 aliphatic heterocycles. The Hall–Kier alpha value is -2.24. The maximum absolute atomic E-state index is 11.5. The zero-order valence-electron chi connectivity index (χ0n) is 7.84. The highest BCUT2D eigenvalue weighted by atomic mass is 16.1. The van der Waals surface area contributed by atoms with Crippen molar-refractivity contribution in [1.29, 1.82) is 0 Å². The lowest BCUT2D eigenvalue weighted by Gasteiger charge is -2.01. The van der Waals surface area contributed by atoms with Gasteiger partial charge in [0.15, 0.2) is 0 Å². The number of nitrogens with one attached hydrogen (secondary N) is 2. The van der Waals surface area contributed by atoms with Crippen LogP contribution >= 0.6 is 0 Å². The summed E-state index contributed by atoms with van der Waals surface area (Å²) in [6.07, 6.45) is 4.71. The van der Waals surface area contributed by atoms with Gasteiger partial charge in [-0.05, 0) is 12.1 Å². The highest BCUT2D eigenvalue weighted by molar-refractivity contribution is 5.93. The summed E-state index contributed by atoms with van der Waals surface area (Å²) in [4.78, 5) is 15.4. The largest absolute Gasteiger partial charge is 0.346 e. The molecular weight excluding hydrogens is 194 g/mol. The van der Waals surface area contributed by atoms with E-state index in [1.807, 2.05) is 0 Å². The number of carbonyl (C=O) groups is 1. The van der Waals surface area contributed by atoms with Crippen LogP contribution in [0.25, 0.3) is 0 Å². The number of H-pyrrole nitrogens is 1. The molecule has 1 amide bonds. The van der Waals surface area contributed by atoms with Gasteiger partial charge < -0.3 is 5.32 Å². The lowest BCUT2D eigenvalue weighted by atomic mass is 10.2. The van der Waals surface area contributed by atoms with Crippen molar-refractivity contribution in [3.63, 3.8) is 0 Å². The number of amides is 1. The minimum Gasteiger partial charge on any atom is -0.346 e. The lowest BCUT2D eigenvalue weighted by Crippen LogP contribution is -2.22. The van der Waals surface area contributed by atoms with Crippen LogP contribution in [0.1, 0.15) is 16.1 Å². The van der Waals surface area contributed by atoms with Crippen molar-refractivity contribution in [1.82, 2.24) is 25.7 Å². The zero-order valence-corrected chi connectivity index (χ0v) is 7.84. The number of hydrogen-bond donors (Lipinski definition) is 2. The van der Waals surface area contributed by atoms with E-state index < -0.39 is 0 Å². The van der Waals surface area contributed by atoms with Crippen LogP contribution in [0.15, 0.2) is 30.7 Å². The maximum Gasteiger partial charge on any atom is 0.251 e. The second kappa shape index (κ2) is 4.32. The Morgan fingerprint density at radius 3 is 2.87 bits per heavy atom. The molecule has 2 aromatic heterocycles. The van der Waals surface area contributed by atoms with Crippen molar-refractivity contribution < 1.29 is 4.79 Å². The number of rotatable bonds is 3. The molecule has 0 saturated heterocycles. The SMILES string of the molecule is O=C(NCc1cn[nH]n1)c1ccncc1. The molecule has 0 aliphatic rings. The predicted octanol–water partition coefficient (Wildman–Crippen LogP) is 0.130. The van der Waals surface area contributed by atoms with Gasteiger partial charge in [-0.3, -0.25) is 9.78 Å². The first kappa shape index (κ1) is 9.32. The Kier molecular flexibility index (Phi) is 2.68. The summed E-state index contributed by atoms with van der Waals surface area (Å²) in [6.45, 7) is 0.359. The monoisotopic (exact) mass is 203 g/mol. The molecule has 15 heavy (non-hydrogen) atoms. The van der Waals surface area contributed by atoms with E-state index in [1.165, 1.54) is 0 Å². The summed E-state index contributed by atoms with van der Waals surface area (Å²) in [5.41, 5.74) is 1.27. The molecule has 0 aromatic carbocycles. The van der Waals surface area contributed by atoms with Gasteiger partial charge in [0.05, 0.1) is 12.7 Å². The van der Waals surface area contributed by atoms with Crippen molar-refractivity contribution in [2.45, 2.75) is 6.54 Å². The Morgan fingerprint density at radius 2 is 2.20 bits per heavy atom. The van der Waals surface area contributed by atoms with Crippen molar-refractivity contribution in [2.24, 2.45) is 0 Å². The molecular formula is C9H9N5O. The summed E-state index contributed by atoms with van der Waals surface area (Å²) >= 11 is 0. The van der Waals surface area contributed by atoms with E-state index in [2.05, 4.69) is 25.7 Å². The highest BCUT2D eigenvalue weighted by Gasteiger charge is 2.04. The summed E-state index contributed by atoms with van der Waals surface area (Å²) in [5, 5.41) is 12.6. The topological polar surface area (TPSA) is 83.6 Å². The van der Waals surface area contributed by atoms with E-state index in [0.717, 1.165) is 0 Å². The van der Waals surface area contributed by atoms with E-state index in [0.29, 0.717) is 17.8 Å². The third-order valence-corrected chi connectivity index (χ3v) is 1.84. The molecule has 2 aromatic rings. The average molecular weight is 203 g/mol. The number of carbonyl (C=O) groups excluding carboxylic acids is 1. The highest BCUT2D eigenvalue weighted by Crippen LogP contribution is 1.96. The number of aromatic nitrogens is 4. The predicted molar refractivity (Wildman–Crippen MR) is 51.8 cm³/mol. The minimum atomic E-state index is -0.152. The molecule has 0 unspecified atom stereocenters. The van der Waals surface area contributed by atoms with Crippen molar-refractivity contribution in [3.05, 3.63) is 42.0 Å². The summed E-state index contributed by atoms with van der Waals surface area (Å²) in [5.74, 6) is -0.152. The Labute approximate surface area is 85.7 Å². The summed E-state index contributed by atoms with van der Waals surface area (Å²) < 4.78 is 0. The lowest BCUT2D eigenvalue weighted by molar-refractivity contribution is 0.0950. The van der Waals surface area contributed by atoms with E-state index >= 15 is 0 Å². The van der Waals surface area contributed by atoms with Gasteiger partial charge >= 0.3 is 0 Å². The summed E-state index contributed by atoms with van der Waals surface area (Å²) in [6, 6.07) is 3.30. The quantitative estimate of drug-likeness (QED) is 0.742. The standard InChI is InChI=1S/C9H9N5O/c15-9(7-1-3-10-4-2-7)11-5-8-6-12-14-13-8/h1-4,6H,5H2,(H,11,15)(H,12,13,14). The van der Waals surface area contributed by atoms with Gasteiger partial charge in [0.25, 0.3) is 5.91 Å². The molecule has 0 spiro atoms. The first-order valence-corrected chi connectivity index (χ1v) is 4.39. The van der Waals surface area contributed by atoms with Gasteiger partial charge in [-0.2, -0.15) is 15.4 Å². The average Bonchev–Trinajstić information content (AvgIpc) is 2.80. The van der Waals surface area contributed by atoms with Crippen LogP contribution in [0, 0.1) is 0 Å². The number of nitrogens with zero attached hydrogens (tertiary/aromatic N) is 3. The number of hydrogen-bond acceptors (Lipinski definition) is 4. The van der Waals surface area contributed by atoms with E-state index in [-0.39, 0.29) is 5.91 Å². The van der Waals surface area contributed by atoms with Crippen molar-refractivity contribution in [3.8, 4) is 0 Å². The normalized spacial score (nSPS) is 9.87. The maximum atomic E-state index is 11.5. The van der Waals surface area contributed by atoms with Crippen LogP contribution in [0.3, 0.4) is 0 Å². The molecule has 6 nitrogen and oxygen atoms in total. The third-order valence-electron chi connectivity index (χ3n) is 1.84. The van der Waals surface area contributed by atoms with Gasteiger partial charge in [-0.15, -0.1) is 0 Å². The molecule has 2 N–H and O–H groups in total. The third kappa shape index (κ3) is 2.37. The van der Waals surface area contributed by atoms with Crippen LogP contribution in [0.5, 0.6) is 0 Å². The second-order valence-electron chi connectivity index (χ2n) is 2.88. The molecule has 6 heteroatoms. The molecule has 0 radical (unpaired) electrons. The van der Waals surface area contributed by atoms with Crippen molar-refractivity contribution >= 4 is 5.91 Å². The van der Waals surface area contributed by atoms with Crippen molar-refractivity contribution in [2.75, 3.05) is 0 Å². The Balaban J connectivity index is 1.94. The molecule has 0 atom stereocenters. The van der Waals surface area contributed by atoms with Gasteiger partial charge in [-0.1, -0.05) is 0 Å². The molecule has 0 saturated carbocycles. The fraction of sp³-hybridized carbons (Fsp3) is 0.111. The van der Waals surface area contributed by atoms with Gasteiger partial charge in [-0.25, -0.2) is 0 Å². The first-order valence-electron chi connectivity index (χ1n) is 4.39. The Bertz CT molecular complexity index is 425. The molecule has 0 aliphatic carbocycles. The Morgan fingerprint density at radius 1 is 1.40 bits per heavy atom. The second-order valence-corrected chi connectivity index (χ2v) is 2.88. The minimum absolute atomic E-state index is 0.152. The summed E-state index contributed by atoms with van der Waals surface area (Å²) in [7, 11) is 0. The molecule has 2 rings (SSSR count). The smallest absolute Gasteiger partial charge is 0.251 e. The fourth-order valence-corrected chi connectivity index (χ4v) is 1.09. The molecule has 2 heterocycles. The number of aromatic amines is 1. The van der Waals surface area contributed by atoms with Crippen LogP contribution in [0.4, 0.5) is 0 Å². The zero-order chi connectivity index (χ0) is 10.5. The van der Waals surface area contributed by atoms with E-state index in [9.17, 15) is 4.79 Å². The fourth-order valence-electron chi connectivity index (χ4n) is 1.09. The van der Waals surface area contributed by atoms with Crippen LogP contribution in [-0.4, -0.2) is 26.3 Å². The molecule has 76 valence electrons.